The highest BCUT2D eigenvalue weighted by Crippen LogP contribution is 2.37. The van der Waals surface area contributed by atoms with Gasteiger partial charge in [0, 0.05) is 28.2 Å². The third kappa shape index (κ3) is 8.35. The standard InChI is InChI=1S/C29H29Cl3F3N3O4S/c1-4-18(2)36-28(40)19(3)37(16-22-23(30)11-8-12-24(22)31)27(39)17-38(43(41,42)21-9-6-5-7-10-21)26-15-20(29(33,34)35)13-14-25(26)32/h5-15,18-19H,4,16-17H2,1-3H3,(H,36,40)/t18-,19-/m0/s1. The molecule has 1 N–H and O–H groups in total. The molecule has 0 unspecified atom stereocenters. The van der Waals surface area contributed by atoms with E-state index in [0.717, 1.165) is 11.0 Å². The normalized spacial score (nSPS) is 13.2. The second-order valence-electron chi connectivity index (χ2n) is 9.70. The van der Waals surface area contributed by atoms with Crippen LogP contribution in [0.4, 0.5) is 18.9 Å². The van der Waals surface area contributed by atoms with Crippen LogP contribution in [0.1, 0.15) is 38.3 Å². The van der Waals surface area contributed by atoms with Gasteiger partial charge in [-0.3, -0.25) is 13.9 Å². The van der Waals surface area contributed by atoms with Crippen LogP contribution in [0.3, 0.4) is 0 Å². The molecule has 0 aliphatic carbocycles. The molecule has 0 aromatic heterocycles. The summed E-state index contributed by atoms with van der Waals surface area (Å²) >= 11 is 19.0. The fraction of sp³-hybridized carbons (Fsp3) is 0.310. The van der Waals surface area contributed by atoms with Crippen LogP contribution < -0.4 is 9.62 Å². The molecule has 232 valence electrons. The van der Waals surface area contributed by atoms with Gasteiger partial charge in [-0.1, -0.05) is 66.0 Å². The van der Waals surface area contributed by atoms with E-state index in [-0.39, 0.29) is 38.1 Å². The second kappa shape index (κ2) is 14.2. The first-order valence-electron chi connectivity index (χ1n) is 13.0. The number of carbonyl (C=O) groups excluding carboxylic acids is 2. The summed E-state index contributed by atoms with van der Waals surface area (Å²) in [4.78, 5) is 27.9. The molecule has 0 spiro atoms. The zero-order valence-corrected chi connectivity index (χ0v) is 26.4. The summed E-state index contributed by atoms with van der Waals surface area (Å²) in [7, 11) is -4.64. The van der Waals surface area contributed by atoms with Crippen LogP contribution in [0.5, 0.6) is 0 Å². The molecule has 3 aromatic carbocycles. The Hall–Kier alpha value is -2.99. The third-order valence-electron chi connectivity index (χ3n) is 6.71. The Kier molecular flexibility index (Phi) is 11.4. The topological polar surface area (TPSA) is 86.8 Å². The van der Waals surface area contributed by atoms with Gasteiger partial charge in [-0.2, -0.15) is 13.2 Å². The third-order valence-corrected chi connectivity index (χ3v) is 9.51. The molecule has 0 saturated heterocycles. The van der Waals surface area contributed by atoms with Gasteiger partial charge in [0.1, 0.15) is 12.6 Å². The van der Waals surface area contributed by atoms with Crippen LogP contribution in [0, 0.1) is 0 Å². The van der Waals surface area contributed by atoms with Crippen LogP contribution in [0.15, 0.2) is 71.6 Å². The average Bonchev–Trinajstić information content (AvgIpc) is 2.95. The van der Waals surface area contributed by atoms with E-state index in [2.05, 4.69) is 5.32 Å². The molecular formula is C29H29Cl3F3N3O4S. The molecule has 0 bridgehead atoms. The van der Waals surface area contributed by atoms with Crippen LogP contribution in [-0.2, 0) is 32.3 Å². The minimum atomic E-state index is -4.83. The quantitative estimate of drug-likeness (QED) is 0.233. The summed E-state index contributed by atoms with van der Waals surface area (Å²) in [6.45, 7) is 3.76. The van der Waals surface area contributed by atoms with Gasteiger partial charge in [-0.05, 0) is 62.7 Å². The highest BCUT2D eigenvalue weighted by molar-refractivity contribution is 7.92. The minimum Gasteiger partial charge on any atom is -0.352 e. The van der Waals surface area contributed by atoms with Crippen molar-refractivity contribution in [3.05, 3.63) is 92.9 Å². The molecule has 14 heteroatoms. The van der Waals surface area contributed by atoms with Gasteiger partial charge >= 0.3 is 6.18 Å². The number of hydrogen-bond donors (Lipinski definition) is 1. The summed E-state index contributed by atoms with van der Waals surface area (Å²) in [5, 5.41) is 2.81. The van der Waals surface area contributed by atoms with Gasteiger partial charge in [0.15, 0.2) is 0 Å². The van der Waals surface area contributed by atoms with Crippen LogP contribution in [0.2, 0.25) is 15.1 Å². The van der Waals surface area contributed by atoms with Crippen molar-refractivity contribution in [3.63, 3.8) is 0 Å². The SMILES string of the molecule is CC[C@H](C)NC(=O)[C@H](C)N(Cc1c(Cl)cccc1Cl)C(=O)CN(c1cc(C(F)(F)F)ccc1Cl)S(=O)(=O)c1ccccc1. The van der Waals surface area contributed by atoms with Crippen molar-refractivity contribution < 1.29 is 31.2 Å². The molecule has 0 heterocycles. The molecule has 7 nitrogen and oxygen atoms in total. The lowest BCUT2D eigenvalue weighted by Crippen LogP contribution is -2.52. The molecule has 3 aromatic rings. The molecule has 43 heavy (non-hydrogen) atoms. The second-order valence-corrected chi connectivity index (χ2v) is 12.8. The van der Waals surface area contributed by atoms with E-state index in [0.29, 0.717) is 22.9 Å². The van der Waals surface area contributed by atoms with Gasteiger partial charge < -0.3 is 10.2 Å². The molecule has 2 atom stereocenters. The summed E-state index contributed by atoms with van der Waals surface area (Å²) < 4.78 is 69.2. The predicted molar refractivity (Wildman–Crippen MR) is 162 cm³/mol. The number of hydrogen-bond acceptors (Lipinski definition) is 4. The van der Waals surface area contributed by atoms with Crippen LogP contribution in [0.25, 0.3) is 0 Å². The zero-order chi connectivity index (χ0) is 32.1. The summed E-state index contributed by atoms with van der Waals surface area (Å²) in [5.74, 6) is -1.46. The van der Waals surface area contributed by atoms with Crippen molar-refractivity contribution in [3.8, 4) is 0 Å². The van der Waals surface area contributed by atoms with Gasteiger partial charge in [-0.25, -0.2) is 8.42 Å². The average molecular weight is 679 g/mol. The molecular weight excluding hydrogens is 650 g/mol. The summed E-state index contributed by atoms with van der Waals surface area (Å²) in [6, 6.07) is 12.3. The highest BCUT2D eigenvalue weighted by atomic mass is 35.5. The van der Waals surface area contributed by atoms with E-state index in [1.807, 2.05) is 6.92 Å². The van der Waals surface area contributed by atoms with Crippen molar-refractivity contribution in [1.82, 2.24) is 10.2 Å². The Morgan fingerprint density at radius 1 is 0.907 bits per heavy atom. The molecule has 0 saturated carbocycles. The number of rotatable bonds is 11. The fourth-order valence-corrected chi connectivity index (χ4v) is 6.25. The number of benzene rings is 3. The predicted octanol–water partition coefficient (Wildman–Crippen LogP) is 7.19. The van der Waals surface area contributed by atoms with E-state index < -0.39 is 51.9 Å². The number of nitrogens with zero attached hydrogens (tertiary/aromatic N) is 2. The number of alkyl halides is 3. The van der Waals surface area contributed by atoms with E-state index >= 15 is 0 Å². The molecule has 0 aliphatic heterocycles. The van der Waals surface area contributed by atoms with Gasteiger partial charge in [0.05, 0.1) is 21.2 Å². The minimum absolute atomic E-state index is 0.189. The Labute approximate surface area is 263 Å². The van der Waals surface area contributed by atoms with E-state index in [9.17, 15) is 31.2 Å². The van der Waals surface area contributed by atoms with Crippen LogP contribution >= 0.6 is 34.8 Å². The van der Waals surface area contributed by atoms with Gasteiger partial charge in [0.2, 0.25) is 11.8 Å². The largest absolute Gasteiger partial charge is 0.416 e. The maximum atomic E-state index is 14.0. The highest BCUT2D eigenvalue weighted by Gasteiger charge is 2.36. The van der Waals surface area contributed by atoms with E-state index in [1.165, 1.54) is 43.3 Å². The first-order valence-corrected chi connectivity index (χ1v) is 15.6. The van der Waals surface area contributed by atoms with Crippen molar-refractivity contribution in [2.45, 2.75) is 56.9 Å². The molecule has 2 amide bonds. The number of sulfonamides is 1. The Balaban J connectivity index is 2.16. The number of nitrogens with one attached hydrogen (secondary N) is 1. The lowest BCUT2D eigenvalue weighted by Gasteiger charge is -2.33. The Morgan fingerprint density at radius 3 is 2.07 bits per heavy atom. The maximum absolute atomic E-state index is 14.0. The zero-order valence-electron chi connectivity index (χ0n) is 23.3. The lowest BCUT2D eigenvalue weighted by molar-refractivity contribution is -0.139. The van der Waals surface area contributed by atoms with Crippen molar-refractivity contribution in [2.24, 2.45) is 0 Å². The van der Waals surface area contributed by atoms with Gasteiger partial charge in [0.25, 0.3) is 10.0 Å². The summed E-state index contributed by atoms with van der Waals surface area (Å²) in [6.07, 6.45) is -4.24. The Morgan fingerprint density at radius 2 is 1.51 bits per heavy atom. The Bertz CT molecular complexity index is 1550. The maximum Gasteiger partial charge on any atom is 0.416 e. The van der Waals surface area contributed by atoms with Gasteiger partial charge in [-0.15, -0.1) is 0 Å². The molecule has 0 fully saturated rings. The van der Waals surface area contributed by atoms with Crippen LogP contribution in [-0.4, -0.2) is 43.8 Å². The smallest absolute Gasteiger partial charge is 0.352 e. The lowest BCUT2D eigenvalue weighted by atomic mass is 10.1. The first kappa shape index (κ1) is 34.5. The number of carbonyl (C=O) groups is 2. The van der Waals surface area contributed by atoms with E-state index in [4.69, 9.17) is 34.8 Å². The number of halogens is 6. The molecule has 3 rings (SSSR count). The number of amides is 2. The summed E-state index contributed by atoms with van der Waals surface area (Å²) in [5.41, 5.74) is -1.45. The van der Waals surface area contributed by atoms with E-state index in [1.54, 1.807) is 19.1 Å². The fourth-order valence-electron chi connectivity index (χ4n) is 4.02. The first-order chi connectivity index (χ1) is 20.1. The van der Waals surface area contributed by atoms with Crippen molar-refractivity contribution in [1.29, 1.82) is 0 Å². The van der Waals surface area contributed by atoms with Crippen molar-refractivity contribution >= 4 is 62.3 Å². The monoisotopic (exact) mass is 677 g/mol. The molecule has 0 radical (unpaired) electrons. The molecule has 0 aliphatic rings. The number of anilines is 1. The van der Waals surface area contributed by atoms with Crippen molar-refractivity contribution in [2.75, 3.05) is 10.8 Å².